The van der Waals surface area contributed by atoms with Crippen LogP contribution in [0.25, 0.3) is 0 Å². The lowest BCUT2D eigenvalue weighted by Crippen LogP contribution is -2.51. The van der Waals surface area contributed by atoms with E-state index in [4.69, 9.17) is 9.84 Å². The molecular formula is C9H16ClNO4. The summed E-state index contributed by atoms with van der Waals surface area (Å²) in [5, 5.41) is 9.03. The monoisotopic (exact) mass is 237 g/mol. The Morgan fingerprint density at radius 1 is 1.33 bits per heavy atom. The molecule has 1 rings (SSSR count). The first-order chi connectivity index (χ1) is 6.46. The van der Waals surface area contributed by atoms with Crippen LogP contribution in [-0.4, -0.2) is 47.7 Å². The summed E-state index contributed by atoms with van der Waals surface area (Å²) >= 11 is 0. The standard InChI is InChI=1S/C9H15NO4.ClH/c1-7(11)14-9(8(12)13)3-5-10(2)6-4-9;/h3-6H2,1-2H3,(H,12,13);1H. The quantitative estimate of drug-likeness (QED) is 0.710. The van der Waals surface area contributed by atoms with E-state index in [9.17, 15) is 9.59 Å². The van der Waals surface area contributed by atoms with Crippen molar-refractivity contribution in [2.24, 2.45) is 0 Å². The zero-order valence-electron chi connectivity index (χ0n) is 8.86. The SMILES string of the molecule is CC(=O)OC1(C(=O)O)CCN(C)CC1.Cl. The Labute approximate surface area is 94.8 Å². The molecule has 0 atom stereocenters. The Hall–Kier alpha value is -0.810. The maximum absolute atomic E-state index is 11.0. The van der Waals surface area contributed by atoms with Gasteiger partial charge in [-0.05, 0) is 7.05 Å². The molecule has 88 valence electrons. The first kappa shape index (κ1) is 14.2. The fraction of sp³-hybridized carbons (Fsp3) is 0.778. The molecule has 0 aromatic carbocycles. The summed E-state index contributed by atoms with van der Waals surface area (Å²) in [5.74, 6) is -1.57. The fourth-order valence-electron chi connectivity index (χ4n) is 1.61. The van der Waals surface area contributed by atoms with Gasteiger partial charge in [-0.3, -0.25) is 4.79 Å². The number of rotatable bonds is 2. The van der Waals surface area contributed by atoms with Crippen molar-refractivity contribution < 1.29 is 19.4 Å². The van der Waals surface area contributed by atoms with Crippen molar-refractivity contribution in [3.63, 3.8) is 0 Å². The lowest BCUT2D eigenvalue weighted by molar-refractivity contribution is -0.182. The van der Waals surface area contributed by atoms with Gasteiger partial charge in [-0.15, -0.1) is 12.4 Å². The van der Waals surface area contributed by atoms with E-state index in [2.05, 4.69) is 0 Å². The molecule has 5 nitrogen and oxygen atoms in total. The molecule has 1 N–H and O–H groups in total. The minimum atomic E-state index is -1.29. The summed E-state index contributed by atoms with van der Waals surface area (Å²) in [4.78, 5) is 23.8. The number of carboxylic acids is 1. The molecule has 1 heterocycles. The number of hydrogen-bond acceptors (Lipinski definition) is 4. The normalized spacial score (nSPS) is 20.1. The summed E-state index contributed by atoms with van der Waals surface area (Å²) < 4.78 is 4.92. The summed E-state index contributed by atoms with van der Waals surface area (Å²) in [6.45, 7) is 2.52. The van der Waals surface area contributed by atoms with E-state index in [1.165, 1.54) is 6.92 Å². The van der Waals surface area contributed by atoms with Crippen LogP contribution in [0.4, 0.5) is 0 Å². The molecule has 0 aromatic heterocycles. The van der Waals surface area contributed by atoms with Gasteiger partial charge in [-0.1, -0.05) is 0 Å². The molecule has 1 saturated heterocycles. The maximum atomic E-state index is 11.0. The summed E-state index contributed by atoms with van der Waals surface area (Å²) in [5.41, 5.74) is -1.29. The number of aliphatic carboxylic acids is 1. The van der Waals surface area contributed by atoms with Gasteiger partial charge in [0, 0.05) is 32.9 Å². The molecule has 0 aliphatic carbocycles. The molecule has 0 unspecified atom stereocenters. The van der Waals surface area contributed by atoms with Crippen molar-refractivity contribution in [1.29, 1.82) is 0 Å². The molecular weight excluding hydrogens is 222 g/mol. The van der Waals surface area contributed by atoms with Crippen LogP contribution < -0.4 is 0 Å². The van der Waals surface area contributed by atoms with Crippen LogP contribution >= 0.6 is 12.4 Å². The average Bonchev–Trinajstić information content (AvgIpc) is 2.08. The zero-order chi connectivity index (χ0) is 10.8. The molecule has 15 heavy (non-hydrogen) atoms. The highest BCUT2D eigenvalue weighted by atomic mass is 35.5. The lowest BCUT2D eigenvalue weighted by Gasteiger charge is -2.36. The lowest BCUT2D eigenvalue weighted by atomic mass is 9.91. The molecule has 1 fully saturated rings. The van der Waals surface area contributed by atoms with Crippen LogP contribution in [0.3, 0.4) is 0 Å². The van der Waals surface area contributed by atoms with Crippen molar-refractivity contribution >= 4 is 24.3 Å². The Morgan fingerprint density at radius 3 is 2.13 bits per heavy atom. The minimum Gasteiger partial charge on any atom is -0.478 e. The maximum Gasteiger partial charge on any atom is 0.348 e. The van der Waals surface area contributed by atoms with E-state index >= 15 is 0 Å². The number of carbonyl (C=O) groups is 2. The number of nitrogens with zero attached hydrogens (tertiary/aromatic N) is 1. The third-order valence-corrected chi connectivity index (χ3v) is 2.52. The number of halogens is 1. The van der Waals surface area contributed by atoms with Crippen molar-refractivity contribution in [3.8, 4) is 0 Å². The Balaban J connectivity index is 0.00000196. The van der Waals surface area contributed by atoms with Gasteiger partial charge in [0.2, 0.25) is 5.60 Å². The second-order valence-electron chi connectivity index (χ2n) is 3.70. The Morgan fingerprint density at radius 2 is 1.80 bits per heavy atom. The van der Waals surface area contributed by atoms with Crippen LogP contribution in [0.1, 0.15) is 19.8 Å². The highest BCUT2D eigenvalue weighted by molar-refractivity contribution is 5.85. The van der Waals surface area contributed by atoms with E-state index in [1.54, 1.807) is 0 Å². The summed E-state index contributed by atoms with van der Waals surface area (Å²) in [6, 6.07) is 0. The van der Waals surface area contributed by atoms with E-state index in [-0.39, 0.29) is 12.4 Å². The van der Waals surface area contributed by atoms with E-state index in [0.717, 1.165) is 0 Å². The number of likely N-dealkylation sites (tertiary alicyclic amines) is 1. The molecule has 0 spiro atoms. The van der Waals surface area contributed by atoms with Crippen LogP contribution in [-0.2, 0) is 14.3 Å². The topological polar surface area (TPSA) is 66.8 Å². The van der Waals surface area contributed by atoms with Gasteiger partial charge in [0.15, 0.2) is 0 Å². The summed E-state index contributed by atoms with van der Waals surface area (Å²) in [6.07, 6.45) is 0.719. The third-order valence-electron chi connectivity index (χ3n) is 2.52. The van der Waals surface area contributed by atoms with Gasteiger partial charge in [-0.25, -0.2) is 4.79 Å². The Kier molecular flexibility index (Phi) is 5.03. The molecule has 0 saturated carbocycles. The van der Waals surface area contributed by atoms with Gasteiger partial charge >= 0.3 is 11.9 Å². The van der Waals surface area contributed by atoms with Gasteiger partial charge in [0.05, 0.1) is 0 Å². The number of ether oxygens (including phenoxy) is 1. The van der Waals surface area contributed by atoms with Gasteiger partial charge in [0.25, 0.3) is 0 Å². The van der Waals surface area contributed by atoms with E-state index < -0.39 is 17.5 Å². The molecule has 6 heteroatoms. The van der Waals surface area contributed by atoms with E-state index in [1.807, 2.05) is 11.9 Å². The first-order valence-electron chi connectivity index (χ1n) is 4.58. The number of esters is 1. The second-order valence-corrected chi connectivity index (χ2v) is 3.70. The van der Waals surface area contributed by atoms with Crippen molar-refractivity contribution in [2.75, 3.05) is 20.1 Å². The largest absolute Gasteiger partial charge is 0.478 e. The number of carbonyl (C=O) groups excluding carboxylic acids is 1. The molecule has 1 aliphatic rings. The molecule has 0 bridgehead atoms. The predicted molar refractivity (Wildman–Crippen MR) is 56.1 cm³/mol. The van der Waals surface area contributed by atoms with Gasteiger partial charge in [-0.2, -0.15) is 0 Å². The molecule has 1 aliphatic heterocycles. The first-order valence-corrected chi connectivity index (χ1v) is 4.58. The number of hydrogen-bond donors (Lipinski definition) is 1. The smallest absolute Gasteiger partial charge is 0.348 e. The van der Waals surface area contributed by atoms with Crippen LogP contribution in [0.2, 0.25) is 0 Å². The van der Waals surface area contributed by atoms with Crippen molar-refractivity contribution in [2.45, 2.75) is 25.4 Å². The molecule has 0 radical (unpaired) electrons. The molecule has 0 amide bonds. The van der Waals surface area contributed by atoms with Crippen molar-refractivity contribution in [1.82, 2.24) is 4.90 Å². The zero-order valence-corrected chi connectivity index (χ0v) is 9.67. The van der Waals surface area contributed by atoms with Crippen molar-refractivity contribution in [3.05, 3.63) is 0 Å². The van der Waals surface area contributed by atoms with Crippen LogP contribution in [0, 0.1) is 0 Å². The third kappa shape index (κ3) is 3.35. The van der Waals surface area contributed by atoms with Gasteiger partial charge < -0.3 is 14.7 Å². The number of carboxylic acid groups (broad SMARTS) is 1. The van der Waals surface area contributed by atoms with E-state index in [0.29, 0.717) is 25.9 Å². The van der Waals surface area contributed by atoms with Crippen LogP contribution in [0.5, 0.6) is 0 Å². The van der Waals surface area contributed by atoms with Gasteiger partial charge in [0.1, 0.15) is 0 Å². The summed E-state index contributed by atoms with van der Waals surface area (Å²) in [7, 11) is 1.92. The fourth-order valence-corrected chi connectivity index (χ4v) is 1.61. The number of piperidine rings is 1. The second kappa shape index (κ2) is 5.32. The average molecular weight is 238 g/mol. The highest BCUT2D eigenvalue weighted by Crippen LogP contribution is 2.26. The van der Waals surface area contributed by atoms with Crippen LogP contribution in [0.15, 0.2) is 0 Å². The highest BCUT2D eigenvalue weighted by Gasteiger charge is 2.44. The minimum absolute atomic E-state index is 0. The Bertz CT molecular complexity index is 248. The molecule has 0 aromatic rings. The predicted octanol–water partition coefficient (Wildman–Crippen LogP) is 0.520.